The molecular weight excluding hydrogens is 460 g/mol. The van der Waals surface area contributed by atoms with Gasteiger partial charge in [-0.3, -0.25) is 9.78 Å². The maximum Gasteiger partial charge on any atom is 0.244 e. The van der Waals surface area contributed by atoms with Crippen LogP contribution in [0.1, 0.15) is 61.9 Å². The second-order valence-electron chi connectivity index (χ2n) is 9.44. The van der Waals surface area contributed by atoms with Crippen molar-refractivity contribution in [2.45, 2.75) is 52.0 Å². The van der Waals surface area contributed by atoms with Crippen LogP contribution >= 0.6 is 0 Å². The van der Waals surface area contributed by atoms with E-state index in [0.29, 0.717) is 5.92 Å². The highest BCUT2D eigenvalue weighted by Gasteiger charge is 2.08. The molecule has 0 saturated heterocycles. The number of hydrogen-bond donors (Lipinski definition) is 1. The van der Waals surface area contributed by atoms with Crippen molar-refractivity contribution < 1.29 is 14.3 Å². The standard InChI is InChI=1S/C32H38N2O3/c1-23(2)31-21-12-25(22-33-31)9-6-8-24(3)34-32(35)11-7-10-30(26-13-17-28(36-4)18-14-26)27-15-19-29(37-5)20-16-27/h7,10-24H,6,8-9H2,1-5H3,(H,34,35)/t24-/m1/s1. The largest absolute Gasteiger partial charge is 0.497 e. The van der Waals surface area contributed by atoms with E-state index in [-0.39, 0.29) is 11.9 Å². The van der Waals surface area contributed by atoms with Gasteiger partial charge >= 0.3 is 0 Å². The van der Waals surface area contributed by atoms with E-state index in [0.717, 1.165) is 53.2 Å². The van der Waals surface area contributed by atoms with Crippen molar-refractivity contribution in [2.24, 2.45) is 0 Å². The smallest absolute Gasteiger partial charge is 0.244 e. The number of aromatic nitrogens is 1. The van der Waals surface area contributed by atoms with Gasteiger partial charge in [0.1, 0.15) is 11.5 Å². The molecule has 0 radical (unpaired) electrons. The van der Waals surface area contributed by atoms with E-state index in [1.165, 1.54) is 5.56 Å². The van der Waals surface area contributed by atoms with Gasteiger partial charge in [0.2, 0.25) is 5.91 Å². The predicted octanol–water partition coefficient (Wildman–Crippen LogP) is 6.74. The van der Waals surface area contributed by atoms with E-state index in [1.807, 2.05) is 67.7 Å². The number of amides is 1. The number of ether oxygens (including phenoxy) is 2. The first-order valence-corrected chi connectivity index (χ1v) is 12.8. The van der Waals surface area contributed by atoms with Crippen LogP contribution in [0.25, 0.3) is 5.57 Å². The summed E-state index contributed by atoms with van der Waals surface area (Å²) in [5.74, 6) is 1.93. The zero-order valence-corrected chi connectivity index (χ0v) is 22.5. The molecule has 0 aliphatic carbocycles. The lowest BCUT2D eigenvalue weighted by atomic mass is 9.97. The molecule has 5 heteroatoms. The first kappa shape index (κ1) is 27.7. The molecule has 0 aliphatic rings. The maximum absolute atomic E-state index is 12.5. The Bertz CT molecular complexity index is 1130. The third-order valence-electron chi connectivity index (χ3n) is 6.24. The number of methoxy groups -OCH3 is 2. The average Bonchev–Trinajstić information content (AvgIpc) is 2.91. The molecule has 3 aromatic rings. The predicted molar refractivity (Wildman–Crippen MR) is 151 cm³/mol. The van der Waals surface area contributed by atoms with Crippen LogP contribution in [0.5, 0.6) is 11.5 Å². The van der Waals surface area contributed by atoms with E-state index in [1.54, 1.807) is 26.4 Å². The molecule has 194 valence electrons. The fourth-order valence-corrected chi connectivity index (χ4v) is 4.03. The number of rotatable bonds is 12. The number of carbonyl (C=O) groups excluding carboxylic acids is 1. The minimum absolute atomic E-state index is 0.0895. The second kappa shape index (κ2) is 14.0. The number of nitrogens with zero attached hydrogens (tertiary/aromatic N) is 1. The van der Waals surface area contributed by atoms with Crippen molar-refractivity contribution in [2.75, 3.05) is 14.2 Å². The lowest BCUT2D eigenvalue weighted by molar-refractivity contribution is -0.117. The van der Waals surface area contributed by atoms with Crippen molar-refractivity contribution in [1.82, 2.24) is 10.3 Å². The van der Waals surface area contributed by atoms with Gasteiger partial charge in [-0.1, -0.05) is 56.3 Å². The molecule has 3 rings (SSSR count). The Balaban J connectivity index is 1.59. The van der Waals surface area contributed by atoms with Crippen LogP contribution in [0.4, 0.5) is 0 Å². The molecule has 0 fully saturated rings. The van der Waals surface area contributed by atoms with Crippen molar-refractivity contribution >= 4 is 11.5 Å². The highest BCUT2D eigenvalue weighted by atomic mass is 16.5. The van der Waals surface area contributed by atoms with E-state index in [2.05, 4.69) is 36.3 Å². The highest BCUT2D eigenvalue weighted by Crippen LogP contribution is 2.27. The van der Waals surface area contributed by atoms with E-state index < -0.39 is 0 Å². The molecule has 37 heavy (non-hydrogen) atoms. The Morgan fingerprint density at radius 2 is 1.49 bits per heavy atom. The number of hydrogen-bond acceptors (Lipinski definition) is 4. The summed E-state index contributed by atoms with van der Waals surface area (Å²) >= 11 is 0. The molecule has 1 N–H and O–H groups in total. The minimum Gasteiger partial charge on any atom is -0.497 e. The summed E-state index contributed by atoms with van der Waals surface area (Å²) in [5, 5.41) is 3.07. The molecule has 1 heterocycles. The Kier molecular flexibility index (Phi) is 10.5. The topological polar surface area (TPSA) is 60.5 Å². The molecule has 2 aromatic carbocycles. The number of allylic oxidation sites excluding steroid dienone is 2. The first-order valence-electron chi connectivity index (χ1n) is 12.8. The van der Waals surface area contributed by atoms with E-state index in [9.17, 15) is 4.79 Å². The number of nitrogens with one attached hydrogen (secondary N) is 1. The zero-order chi connectivity index (χ0) is 26.6. The van der Waals surface area contributed by atoms with Crippen molar-refractivity contribution in [1.29, 1.82) is 0 Å². The fourth-order valence-electron chi connectivity index (χ4n) is 4.03. The van der Waals surface area contributed by atoms with Gasteiger partial charge < -0.3 is 14.8 Å². The summed E-state index contributed by atoms with van der Waals surface area (Å²) < 4.78 is 10.6. The molecule has 0 unspecified atom stereocenters. The van der Waals surface area contributed by atoms with Crippen LogP contribution in [0, 0.1) is 0 Å². The van der Waals surface area contributed by atoms with Gasteiger partial charge in [-0.15, -0.1) is 0 Å². The molecule has 5 nitrogen and oxygen atoms in total. The summed E-state index contributed by atoms with van der Waals surface area (Å²) in [5.41, 5.74) is 5.41. The van der Waals surface area contributed by atoms with Gasteiger partial charge in [0.25, 0.3) is 0 Å². The van der Waals surface area contributed by atoms with Crippen molar-refractivity contribution in [3.05, 3.63) is 107 Å². The van der Waals surface area contributed by atoms with Crippen molar-refractivity contribution in [3.63, 3.8) is 0 Å². The summed E-state index contributed by atoms with van der Waals surface area (Å²) in [6.45, 7) is 6.34. The van der Waals surface area contributed by atoms with Crippen LogP contribution in [0.3, 0.4) is 0 Å². The van der Waals surface area contributed by atoms with Gasteiger partial charge in [0, 0.05) is 24.0 Å². The highest BCUT2D eigenvalue weighted by molar-refractivity contribution is 5.89. The summed E-state index contributed by atoms with van der Waals surface area (Å²) in [6.07, 6.45) is 10.2. The van der Waals surface area contributed by atoms with Gasteiger partial charge in [-0.25, -0.2) is 0 Å². The van der Waals surface area contributed by atoms with Crippen LogP contribution in [-0.4, -0.2) is 31.2 Å². The molecule has 0 spiro atoms. The Morgan fingerprint density at radius 3 is 1.97 bits per heavy atom. The molecule has 1 amide bonds. The number of benzene rings is 2. The molecule has 1 aromatic heterocycles. The fraction of sp³-hybridized carbons (Fsp3) is 0.312. The number of aryl methyl sites for hydroxylation is 1. The Morgan fingerprint density at radius 1 is 0.892 bits per heavy atom. The van der Waals surface area contributed by atoms with E-state index in [4.69, 9.17) is 9.47 Å². The van der Waals surface area contributed by atoms with Gasteiger partial charge in [0.05, 0.1) is 14.2 Å². The Labute approximate surface area is 221 Å². The van der Waals surface area contributed by atoms with Gasteiger partial charge in [-0.2, -0.15) is 0 Å². The SMILES string of the molecule is COc1ccc(C(=CC=CC(=O)N[C@H](C)CCCc2ccc(C(C)C)nc2)c2ccc(OC)cc2)cc1. The third-order valence-corrected chi connectivity index (χ3v) is 6.24. The molecule has 0 saturated carbocycles. The van der Waals surface area contributed by atoms with Gasteiger partial charge in [0.15, 0.2) is 0 Å². The van der Waals surface area contributed by atoms with Crippen LogP contribution < -0.4 is 14.8 Å². The monoisotopic (exact) mass is 498 g/mol. The maximum atomic E-state index is 12.5. The molecule has 1 atom stereocenters. The van der Waals surface area contributed by atoms with Crippen LogP contribution in [0.15, 0.2) is 85.1 Å². The molecule has 0 bridgehead atoms. The lowest BCUT2D eigenvalue weighted by Crippen LogP contribution is -2.31. The molecule has 0 aliphatic heterocycles. The van der Waals surface area contributed by atoms with Crippen LogP contribution in [-0.2, 0) is 11.2 Å². The van der Waals surface area contributed by atoms with Crippen LogP contribution in [0.2, 0.25) is 0 Å². The minimum atomic E-state index is -0.101. The first-order chi connectivity index (χ1) is 17.9. The summed E-state index contributed by atoms with van der Waals surface area (Å²) in [7, 11) is 3.30. The number of pyridine rings is 1. The van der Waals surface area contributed by atoms with Crippen molar-refractivity contribution in [3.8, 4) is 11.5 Å². The molecular formula is C32H38N2O3. The van der Waals surface area contributed by atoms with Gasteiger partial charge in [-0.05, 0) is 84.7 Å². The average molecular weight is 499 g/mol. The Hall–Kier alpha value is -3.86. The second-order valence-corrected chi connectivity index (χ2v) is 9.44. The number of carbonyl (C=O) groups is 1. The quantitative estimate of drug-likeness (QED) is 0.222. The summed E-state index contributed by atoms with van der Waals surface area (Å²) in [6, 6.07) is 20.1. The third kappa shape index (κ3) is 8.64. The summed E-state index contributed by atoms with van der Waals surface area (Å²) in [4.78, 5) is 17.1. The normalized spacial score (nSPS) is 11.8. The van der Waals surface area contributed by atoms with E-state index >= 15 is 0 Å². The lowest BCUT2D eigenvalue weighted by Gasteiger charge is -2.12. The zero-order valence-electron chi connectivity index (χ0n) is 22.5.